The van der Waals surface area contributed by atoms with E-state index in [1.54, 1.807) is 12.1 Å². The normalized spacial score (nSPS) is 20.4. The van der Waals surface area contributed by atoms with Crippen LogP contribution in [0.2, 0.25) is 10.0 Å². The van der Waals surface area contributed by atoms with Gasteiger partial charge in [-0.2, -0.15) is 0 Å². The van der Waals surface area contributed by atoms with Crippen molar-refractivity contribution in [2.75, 3.05) is 5.32 Å². The fourth-order valence-corrected chi connectivity index (χ4v) is 3.92. The van der Waals surface area contributed by atoms with Crippen LogP contribution in [0.1, 0.15) is 25.7 Å². The third-order valence-electron chi connectivity index (χ3n) is 4.84. The summed E-state index contributed by atoms with van der Waals surface area (Å²) in [6, 6.07) is 3.59. The number of nitrogens with one attached hydrogen (secondary N) is 2. The first-order chi connectivity index (χ1) is 12.5. The molecule has 0 unspecified atom stereocenters. The highest BCUT2D eigenvalue weighted by Gasteiger charge is 2.22. The van der Waals surface area contributed by atoms with Crippen molar-refractivity contribution < 1.29 is 10.2 Å². The molecule has 1 aromatic carbocycles. The monoisotopic (exact) mass is 392 g/mol. The second-order valence-electron chi connectivity index (χ2n) is 6.59. The fourth-order valence-electron chi connectivity index (χ4n) is 3.43. The summed E-state index contributed by atoms with van der Waals surface area (Å²) in [6.07, 6.45) is 6.49. The molecule has 3 aromatic rings. The van der Waals surface area contributed by atoms with Crippen LogP contribution in [0.3, 0.4) is 0 Å². The minimum atomic E-state index is -0.206. The number of rotatable bonds is 3. The number of aromatic nitrogens is 3. The predicted octanol–water partition coefficient (Wildman–Crippen LogP) is 4.35. The molecule has 6 nitrogen and oxygen atoms in total. The topological polar surface area (TPSA) is 94.1 Å². The summed E-state index contributed by atoms with van der Waals surface area (Å²) < 4.78 is 0. The molecular formula is C18H18Cl2N4O2. The van der Waals surface area contributed by atoms with E-state index >= 15 is 0 Å². The van der Waals surface area contributed by atoms with Gasteiger partial charge < -0.3 is 20.5 Å². The Bertz CT molecular complexity index is 929. The van der Waals surface area contributed by atoms with Crippen LogP contribution in [0.4, 0.5) is 5.82 Å². The van der Waals surface area contributed by atoms with E-state index in [0.717, 1.165) is 48.0 Å². The quantitative estimate of drug-likeness (QED) is 0.531. The van der Waals surface area contributed by atoms with E-state index in [4.69, 9.17) is 23.2 Å². The molecule has 0 aliphatic heterocycles. The van der Waals surface area contributed by atoms with E-state index in [1.165, 1.54) is 6.33 Å². The number of phenolic OH excluding ortho intramolecular Hbond substituents is 1. The largest absolute Gasteiger partial charge is 0.505 e. The molecule has 0 bridgehead atoms. The van der Waals surface area contributed by atoms with Crippen LogP contribution in [-0.2, 0) is 0 Å². The standard InChI is InChI=1S/C18H18Cl2N4O2/c19-13-5-9(6-14(20)16(13)26)12-7-21-17-15(12)18(23-8-22-17)24-10-1-3-11(25)4-2-10/h5-8,10-11,25-26H,1-4H2,(H2,21,22,23,24)/t10-,11-. The maximum Gasteiger partial charge on any atom is 0.152 e. The third kappa shape index (κ3) is 3.20. The predicted molar refractivity (Wildman–Crippen MR) is 103 cm³/mol. The lowest BCUT2D eigenvalue weighted by atomic mass is 9.93. The summed E-state index contributed by atoms with van der Waals surface area (Å²) in [5.41, 5.74) is 2.32. The highest BCUT2D eigenvalue weighted by atomic mass is 35.5. The van der Waals surface area contributed by atoms with E-state index in [9.17, 15) is 10.2 Å². The maximum atomic E-state index is 9.80. The summed E-state index contributed by atoms with van der Waals surface area (Å²) in [5, 5.41) is 24.2. The number of aliphatic hydroxyl groups is 1. The van der Waals surface area contributed by atoms with E-state index in [0.29, 0.717) is 5.65 Å². The zero-order valence-electron chi connectivity index (χ0n) is 13.8. The molecule has 26 heavy (non-hydrogen) atoms. The molecule has 0 radical (unpaired) electrons. The van der Waals surface area contributed by atoms with E-state index in [-0.39, 0.29) is 27.9 Å². The SMILES string of the molecule is Oc1c(Cl)cc(-c2c[nH]c3ncnc(N[C@H]4CC[C@H](O)CC4)c23)cc1Cl. The Kier molecular flexibility index (Phi) is 4.65. The first kappa shape index (κ1) is 17.4. The number of anilines is 1. The van der Waals surface area contributed by atoms with Gasteiger partial charge in [0, 0.05) is 17.8 Å². The van der Waals surface area contributed by atoms with Crippen molar-refractivity contribution in [1.29, 1.82) is 0 Å². The van der Waals surface area contributed by atoms with Crippen LogP contribution in [0, 0.1) is 0 Å². The van der Waals surface area contributed by atoms with Crippen molar-refractivity contribution in [3.8, 4) is 16.9 Å². The molecule has 0 saturated heterocycles. The summed E-state index contributed by atoms with van der Waals surface area (Å²) >= 11 is 12.2. The van der Waals surface area contributed by atoms with Crippen LogP contribution in [0.25, 0.3) is 22.2 Å². The van der Waals surface area contributed by atoms with Gasteiger partial charge >= 0.3 is 0 Å². The Hall–Kier alpha value is -2.02. The molecule has 1 aliphatic rings. The Balaban J connectivity index is 1.75. The zero-order chi connectivity index (χ0) is 18.3. The molecule has 1 fully saturated rings. The number of fused-ring (bicyclic) bond motifs is 1. The van der Waals surface area contributed by atoms with Crippen LogP contribution >= 0.6 is 23.2 Å². The highest BCUT2D eigenvalue weighted by Crippen LogP contribution is 2.40. The number of phenols is 1. The highest BCUT2D eigenvalue weighted by molar-refractivity contribution is 6.37. The first-order valence-corrected chi connectivity index (χ1v) is 9.23. The molecule has 8 heteroatoms. The summed E-state index contributed by atoms with van der Waals surface area (Å²) in [6.45, 7) is 0. The lowest BCUT2D eigenvalue weighted by Gasteiger charge is -2.26. The smallest absolute Gasteiger partial charge is 0.152 e. The van der Waals surface area contributed by atoms with Gasteiger partial charge in [0.2, 0.25) is 0 Å². The molecule has 0 atom stereocenters. The summed E-state index contributed by atoms with van der Waals surface area (Å²) in [5.74, 6) is 0.597. The number of aromatic amines is 1. The van der Waals surface area contributed by atoms with Crippen LogP contribution < -0.4 is 5.32 Å². The number of nitrogens with zero attached hydrogens (tertiary/aromatic N) is 2. The number of benzene rings is 1. The van der Waals surface area contributed by atoms with Gasteiger partial charge in [-0.05, 0) is 43.4 Å². The van der Waals surface area contributed by atoms with Crippen molar-refractivity contribution in [1.82, 2.24) is 15.0 Å². The summed E-state index contributed by atoms with van der Waals surface area (Å²) in [4.78, 5) is 11.9. The molecule has 4 N–H and O–H groups in total. The van der Waals surface area contributed by atoms with Gasteiger partial charge in [-0.1, -0.05) is 23.2 Å². The number of hydrogen-bond acceptors (Lipinski definition) is 5. The van der Waals surface area contributed by atoms with Gasteiger partial charge in [0.1, 0.15) is 17.8 Å². The van der Waals surface area contributed by atoms with Gasteiger partial charge in [0.15, 0.2) is 5.75 Å². The maximum absolute atomic E-state index is 9.80. The number of aromatic hydroxyl groups is 1. The van der Waals surface area contributed by atoms with Crippen molar-refractivity contribution in [2.24, 2.45) is 0 Å². The number of aliphatic hydroxyl groups excluding tert-OH is 1. The van der Waals surface area contributed by atoms with Crippen LogP contribution in [-0.4, -0.2) is 37.3 Å². The van der Waals surface area contributed by atoms with E-state index < -0.39 is 0 Å². The van der Waals surface area contributed by atoms with Gasteiger partial charge in [0.25, 0.3) is 0 Å². The van der Waals surface area contributed by atoms with Crippen molar-refractivity contribution in [3.05, 3.63) is 34.7 Å². The molecule has 1 saturated carbocycles. The molecule has 2 aromatic heterocycles. The van der Waals surface area contributed by atoms with Crippen LogP contribution in [0.15, 0.2) is 24.7 Å². The number of halogens is 2. The van der Waals surface area contributed by atoms with E-state index in [2.05, 4.69) is 20.3 Å². The Morgan fingerprint density at radius 3 is 2.46 bits per heavy atom. The lowest BCUT2D eigenvalue weighted by molar-refractivity contribution is 0.126. The fraction of sp³-hybridized carbons (Fsp3) is 0.333. The number of hydrogen-bond donors (Lipinski definition) is 4. The number of H-pyrrole nitrogens is 1. The molecule has 0 spiro atoms. The Morgan fingerprint density at radius 1 is 1.08 bits per heavy atom. The van der Waals surface area contributed by atoms with Gasteiger partial charge in [0.05, 0.1) is 21.5 Å². The summed E-state index contributed by atoms with van der Waals surface area (Å²) in [7, 11) is 0. The van der Waals surface area contributed by atoms with Crippen LogP contribution in [0.5, 0.6) is 5.75 Å². The molecule has 136 valence electrons. The Labute approximate surface area is 160 Å². The average molecular weight is 393 g/mol. The lowest BCUT2D eigenvalue weighted by Crippen LogP contribution is -2.28. The van der Waals surface area contributed by atoms with Crippen molar-refractivity contribution in [2.45, 2.75) is 37.8 Å². The molecule has 2 heterocycles. The van der Waals surface area contributed by atoms with Crippen molar-refractivity contribution >= 4 is 40.1 Å². The molecule has 1 aliphatic carbocycles. The van der Waals surface area contributed by atoms with Crippen molar-refractivity contribution in [3.63, 3.8) is 0 Å². The van der Waals surface area contributed by atoms with Gasteiger partial charge in [-0.3, -0.25) is 0 Å². The molecule has 4 rings (SSSR count). The Morgan fingerprint density at radius 2 is 1.77 bits per heavy atom. The minimum Gasteiger partial charge on any atom is -0.505 e. The van der Waals surface area contributed by atoms with Gasteiger partial charge in [-0.15, -0.1) is 0 Å². The second-order valence-corrected chi connectivity index (χ2v) is 7.40. The molecule has 0 amide bonds. The molecular weight excluding hydrogens is 375 g/mol. The second kappa shape index (κ2) is 6.95. The zero-order valence-corrected chi connectivity index (χ0v) is 15.3. The van der Waals surface area contributed by atoms with Gasteiger partial charge in [-0.25, -0.2) is 9.97 Å². The minimum absolute atomic E-state index is 0.132. The third-order valence-corrected chi connectivity index (χ3v) is 5.41. The first-order valence-electron chi connectivity index (χ1n) is 8.48. The average Bonchev–Trinajstić information content (AvgIpc) is 3.06. The van der Waals surface area contributed by atoms with E-state index in [1.807, 2.05) is 6.20 Å².